The van der Waals surface area contributed by atoms with Crippen LogP contribution in [0.1, 0.15) is 17.0 Å². The molecule has 0 N–H and O–H groups in total. The largest absolute Gasteiger partial charge is 0.145 e. The lowest BCUT2D eigenvalue weighted by Gasteiger charge is -2.26. The molecule has 2 aromatic carbocycles. The van der Waals surface area contributed by atoms with Crippen molar-refractivity contribution >= 4 is 71.0 Å². The molecule has 0 unspecified atom stereocenters. The standard InChI is InChI=1S/C14H9Br3Cl2/c15-14(16,17)13(9-1-5-11(18)6-2-9)10-3-7-12(19)8-4-10/h1-8,13H. The summed E-state index contributed by atoms with van der Waals surface area (Å²) in [5, 5.41) is 1.45. The Kier molecular flexibility index (Phi) is 5.41. The summed E-state index contributed by atoms with van der Waals surface area (Å²) in [5.74, 6) is 0.0713. The van der Waals surface area contributed by atoms with Gasteiger partial charge >= 0.3 is 0 Å². The van der Waals surface area contributed by atoms with Crippen molar-refractivity contribution in [2.75, 3.05) is 0 Å². The van der Waals surface area contributed by atoms with Crippen LogP contribution in [0.3, 0.4) is 0 Å². The van der Waals surface area contributed by atoms with Gasteiger partial charge in [-0.05, 0) is 35.4 Å². The van der Waals surface area contributed by atoms with E-state index < -0.39 is 2.14 Å². The average molecular weight is 488 g/mol. The summed E-state index contributed by atoms with van der Waals surface area (Å²) in [4.78, 5) is 0. The molecule has 2 aromatic rings. The molecule has 0 aliphatic heterocycles. The smallest absolute Gasteiger partial charge is 0.0843 e. The Morgan fingerprint density at radius 2 is 1.00 bits per heavy atom. The summed E-state index contributed by atoms with van der Waals surface area (Å²) in [5.41, 5.74) is 2.27. The zero-order chi connectivity index (χ0) is 14.0. The van der Waals surface area contributed by atoms with Gasteiger partial charge in [0.1, 0.15) is 2.14 Å². The first-order valence-electron chi connectivity index (χ1n) is 5.45. The minimum atomic E-state index is -0.436. The Hall–Kier alpha value is 0.460. The first-order valence-corrected chi connectivity index (χ1v) is 8.59. The highest BCUT2D eigenvalue weighted by atomic mass is 80.0. The highest BCUT2D eigenvalue weighted by molar-refractivity contribution is 9.39. The van der Waals surface area contributed by atoms with Crippen molar-refractivity contribution < 1.29 is 0 Å². The minimum absolute atomic E-state index is 0.0713. The molecule has 0 atom stereocenters. The van der Waals surface area contributed by atoms with Crippen molar-refractivity contribution in [3.63, 3.8) is 0 Å². The molecular weight excluding hydrogens is 479 g/mol. The van der Waals surface area contributed by atoms with Crippen molar-refractivity contribution in [2.45, 2.75) is 8.06 Å². The maximum Gasteiger partial charge on any atom is 0.145 e. The Labute approximate surface area is 147 Å². The monoisotopic (exact) mass is 484 g/mol. The average Bonchev–Trinajstić information content (AvgIpc) is 2.33. The van der Waals surface area contributed by atoms with E-state index in [-0.39, 0.29) is 5.92 Å². The third-order valence-electron chi connectivity index (χ3n) is 2.73. The number of rotatable bonds is 2. The van der Waals surface area contributed by atoms with Gasteiger partial charge in [0, 0.05) is 16.0 Å². The Balaban J connectivity index is 2.47. The molecule has 0 aliphatic rings. The number of alkyl halides is 3. The number of hydrogen-bond donors (Lipinski definition) is 0. The van der Waals surface area contributed by atoms with Crippen molar-refractivity contribution in [3.05, 3.63) is 69.7 Å². The molecule has 19 heavy (non-hydrogen) atoms. The minimum Gasteiger partial charge on any atom is -0.0843 e. The molecule has 0 bridgehead atoms. The van der Waals surface area contributed by atoms with Crippen LogP contribution in [-0.2, 0) is 0 Å². The Morgan fingerprint density at radius 1 is 0.684 bits per heavy atom. The van der Waals surface area contributed by atoms with Gasteiger partial charge in [-0.1, -0.05) is 95.3 Å². The van der Waals surface area contributed by atoms with Crippen LogP contribution in [0, 0.1) is 0 Å². The third-order valence-corrected chi connectivity index (χ3v) is 4.61. The van der Waals surface area contributed by atoms with E-state index in [0.717, 1.165) is 21.2 Å². The molecule has 0 nitrogen and oxygen atoms in total. The maximum atomic E-state index is 5.94. The quantitative estimate of drug-likeness (QED) is 0.402. The highest BCUT2D eigenvalue weighted by Crippen LogP contribution is 2.50. The van der Waals surface area contributed by atoms with Crippen molar-refractivity contribution in [1.82, 2.24) is 0 Å². The highest BCUT2D eigenvalue weighted by Gasteiger charge is 2.33. The summed E-state index contributed by atoms with van der Waals surface area (Å²) in [6.07, 6.45) is 0. The van der Waals surface area contributed by atoms with E-state index in [9.17, 15) is 0 Å². The van der Waals surface area contributed by atoms with E-state index in [4.69, 9.17) is 23.2 Å². The molecule has 0 fully saturated rings. The lowest BCUT2D eigenvalue weighted by molar-refractivity contribution is 0.893. The molecule has 0 aromatic heterocycles. The summed E-state index contributed by atoms with van der Waals surface area (Å²) in [6.45, 7) is 0. The molecule has 0 spiro atoms. The lowest BCUT2D eigenvalue weighted by atomic mass is 9.93. The van der Waals surface area contributed by atoms with E-state index in [1.54, 1.807) is 0 Å². The van der Waals surface area contributed by atoms with Crippen LogP contribution < -0.4 is 0 Å². The molecule has 5 heteroatoms. The molecule has 0 aliphatic carbocycles. The van der Waals surface area contributed by atoms with Crippen LogP contribution >= 0.6 is 71.0 Å². The predicted molar refractivity (Wildman–Crippen MR) is 94.3 cm³/mol. The van der Waals surface area contributed by atoms with E-state index in [0.29, 0.717) is 0 Å². The first-order chi connectivity index (χ1) is 8.88. The third kappa shape index (κ3) is 4.21. The number of halogens is 5. The molecule has 100 valence electrons. The normalized spacial score (nSPS) is 11.9. The van der Waals surface area contributed by atoms with Crippen LogP contribution in [0.2, 0.25) is 10.0 Å². The van der Waals surface area contributed by atoms with Gasteiger partial charge in [-0.15, -0.1) is 0 Å². The molecule has 0 saturated heterocycles. The maximum absolute atomic E-state index is 5.94. The number of benzene rings is 2. The van der Waals surface area contributed by atoms with Crippen LogP contribution in [-0.4, -0.2) is 2.14 Å². The fourth-order valence-corrected chi connectivity index (χ4v) is 3.72. The Morgan fingerprint density at radius 3 is 1.26 bits per heavy atom. The second-order valence-electron chi connectivity index (χ2n) is 4.08. The SMILES string of the molecule is Clc1ccc(C(c2ccc(Cl)cc2)C(Br)(Br)Br)cc1. The van der Waals surface area contributed by atoms with Gasteiger partial charge in [-0.25, -0.2) is 0 Å². The van der Waals surface area contributed by atoms with Crippen LogP contribution in [0.15, 0.2) is 48.5 Å². The molecule has 0 heterocycles. The lowest BCUT2D eigenvalue weighted by Crippen LogP contribution is -2.16. The van der Waals surface area contributed by atoms with Gasteiger partial charge in [0.15, 0.2) is 0 Å². The molecule has 0 amide bonds. The van der Waals surface area contributed by atoms with E-state index in [1.807, 2.05) is 48.5 Å². The number of hydrogen-bond acceptors (Lipinski definition) is 0. The summed E-state index contributed by atoms with van der Waals surface area (Å²) < 4.78 is -0.436. The van der Waals surface area contributed by atoms with Gasteiger partial charge in [0.2, 0.25) is 0 Å². The van der Waals surface area contributed by atoms with Gasteiger partial charge in [0.05, 0.1) is 0 Å². The van der Waals surface area contributed by atoms with E-state index in [2.05, 4.69) is 47.8 Å². The fraction of sp³-hybridized carbons (Fsp3) is 0.143. The van der Waals surface area contributed by atoms with Gasteiger partial charge in [0.25, 0.3) is 0 Å². The van der Waals surface area contributed by atoms with Crippen molar-refractivity contribution in [2.24, 2.45) is 0 Å². The molecule has 0 saturated carbocycles. The van der Waals surface area contributed by atoms with Crippen LogP contribution in [0.5, 0.6) is 0 Å². The zero-order valence-corrected chi connectivity index (χ0v) is 15.9. The van der Waals surface area contributed by atoms with Gasteiger partial charge in [-0.2, -0.15) is 0 Å². The topological polar surface area (TPSA) is 0 Å². The second-order valence-corrected chi connectivity index (χ2v) is 11.9. The first kappa shape index (κ1) is 15.8. The van der Waals surface area contributed by atoms with E-state index in [1.165, 1.54) is 0 Å². The van der Waals surface area contributed by atoms with Gasteiger partial charge in [-0.3, -0.25) is 0 Å². The zero-order valence-electron chi connectivity index (χ0n) is 9.59. The summed E-state index contributed by atoms with van der Waals surface area (Å²) in [7, 11) is 0. The fourth-order valence-electron chi connectivity index (χ4n) is 1.88. The van der Waals surface area contributed by atoms with Crippen molar-refractivity contribution in [3.8, 4) is 0 Å². The molecule has 0 radical (unpaired) electrons. The van der Waals surface area contributed by atoms with Gasteiger partial charge < -0.3 is 0 Å². The summed E-state index contributed by atoms with van der Waals surface area (Å²) >= 11 is 22.8. The molecular formula is C14H9Br3Cl2. The van der Waals surface area contributed by atoms with Crippen molar-refractivity contribution in [1.29, 1.82) is 0 Å². The van der Waals surface area contributed by atoms with Crippen LogP contribution in [0.4, 0.5) is 0 Å². The van der Waals surface area contributed by atoms with E-state index >= 15 is 0 Å². The van der Waals surface area contributed by atoms with Crippen LogP contribution in [0.25, 0.3) is 0 Å². The predicted octanol–water partition coefficient (Wildman–Crippen LogP) is 6.96. The Bertz CT molecular complexity index is 499. The second kappa shape index (κ2) is 6.48. The molecule has 2 rings (SSSR count). The summed E-state index contributed by atoms with van der Waals surface area (Å²) in [6, 6.07) is 15.6.